The molecule has 0 aliphatic heterocycles. The predicted molar refractivity (Wildman–Crippen MR) is 93.5 cm³/mol. The SMILES string of the molecule is O=C(COC(=O)/C=C/c1ccccc1Cl)NNC(=O)c1ccccc1. The fourth-order valence-electron chi connectivity index (χ4n) is 1.78. The molecule has 2 aromatic rings. The van der Waals surface area contributed by atoms with Gasteiger partial charge in [-0.1, -0.05) is 48.0 Å². The van der Waals surface area contributed by atoms with E-state index in [9.17, 15) is 14.4 Å². The minimum absolute atomic E-state index is 0.391. The molecule has 0 radical (unpaired) electrons. The smallest absolute Gasteiger partial charge is 0.331 e. The zero-order chi connectivity index (χ0) is 18.1. The molecule has 128 valence electrons. The van der Waals surface area contributed by atoms with E-state index in [0.29, 0.717) is 16.1 Å². The minimum atomic E-state index is -0.704. The molecule has 0 atom stereocenters. The van der Waals surface area contributed by atoms with E-state index in [0.717, 1.165) is 6.08 Å². The average Bonchev–Trinajstić information content (AvgIpc) is 2.64. The molecule has 7 heteroatoms. The minimum Gasteiger partial charge on any atom is -0.452 e. The highest BCUT2D eigenvalue weighted by Crippen LogP contribution is 2.16. The largest absolute Gasteiger partial charge is 0.452 e. The third-order valence-corrected chi connectivity index (χ3v) is 3.35. The van der Waals surface area contributed by atoms with E-state index < -0.39 is 24.4 Å². The van der Waals surface area contributed by atoms with E-state index in [1.54, 1.807) is 54.6 Å². The van der Waals surface area contributed by atoms with Gasteiger partial charge in [0.25, 0.3) is 11.8 Å². The van der Waals surface area contributed by atoms with Crippen molar-refractivity contribution in [3.8, 4) is 0 Å². The van der Waals surface area contributed by atoms with Crippen LogP contribution in [-0.2, 0) is 14.3 Å². The van der Waals surface area contributed by atoms with Crippen molar-refractivity contribution in [1.29, 1.82) is 0 Å². The highest BCUT2D eigenvalue weighted by molar-refractivity contribution is 6.32. The highest BCUT2D eigenvalue weighted by atomic mass is 35.5. The van der Waals surface area contributed by atoms with Crippen molar-refractivity contribution in [2.24, 2.45) is 0 Å². The Labute approximate surface area is 149 Å². The van der Waals surface area contributed by atoms with E-state index in [1.165, 1.54) is 6.08 Å². The van der Waals surface area contributed by atoms with Crippen molar-refractivity contribution in [2.75, 3.05) is 6.61 Å². The number of hydrazine groups is 1. The summed E-state index contributed by atoms with van der Waals surface area (Å²) in [6.45, 7) is -0.527. The number of rotatable bonds is 5. The molecule has 0 unspecified atom stereocenters. The van der Waals surface area contributed by atoms with Gasteiger partial charge in [0.1, 0.15) is 0 Å². The lowest BCUT2D eigenvalue weighted by atomic mass is 10.2. The number of carbonyl (C=O) groups is 3. The third-order valence-electron chi connectivity index (χ3n) is 3.00. The maximum Gasteiger partial charge on any atom is 0.331 e. The molecule has 2 amide bonds. The standard InChI is InChI=1S/C18H15ClN2O4/c19-15-9-5-4-6-13(15)10-11-17(23)25-12-16(22)20-21-18(24)14-7-2-1-3-8-14/h1-11H,12H2,(H,20,22)(H,21,24)/b11-10+. The fourth-order valence-corrected chi connectivity index (χ4v) is 1.98. The number of amides is 2. The maximum atomic E-state index is 11.7. The summed E-state index contributed by atoms with van der Waals surface area (Å²) in [6.07, 6.45) is 2.65. The Balaban J connectivity index is 1.73. The van der Waals surface area contributed by atoms with E-state index in [-0.39, 0.29) is 0 Å². The lowest BCUT2D eigenvalue weighted by Gasteiger charge is -2.07. The quantitative estimate of drug-likeness (QED) is 0.488. The van der Waals surface area contributed by atoms with Crippen molar-refractivity contribution in [3.63, 3.8) is 0 Å². The molecule has 0 heterocycles. The van der Waals surface area contributed by atoms with Gasteiger partial charge in [-0.25, -0.2) is 4.79 Å². The van der Waals surface area contributed by atoms with Crippen LogP contribution in [0, 0.1) is 0 Å². The Morgan fingerprint density at radius 2 is 1.64 bits per heavy atom. The maximum absolute atomic E-state index is 11.7. The normalized spacial score (nSPS) is 10.3. The molecule has 25 heavy (non-hydrogen) atoms. The fraction of sp³-hybridized carbons (Fsp3) is 0.0556. The van der Waals surface area contributed by atoms with Gasteiger partial charge >= 0.3 is 5.97 Å². The van der Waals surface area contributed by atoms with Crippen LogP contribution in [0.3, 0.4) is 0 Å². The molecule has 2 aromatic carbocycles. The Morgan fingerprint density at radius 1 is 0.960 bits per heavy atom. The summed E-state index contributed by atoms with van der Waals surface area (Å²) in [5.41, 5.74) is 5.43. The summed E-state index contributed by atoms with van der Waals surface area (Å²) >= 11 is 5.95. The first-order valence-corrected chi connectivity index (χ1v) is 7.67. The highest BCUT2D eigenvalue weighted by Gasteiger charge is 2.08. The second-order valence-electron chi connectivity index (χ2n) is 4.83. The Bertz CT molecular complexity index is 791. The molecule has 0 saturated heterocycles. The number of esters is 1. The summed E-state index contributed by atoms with van der Waals surface area (Å²) in [6, 6.07) is 15.3. The zero-order valence-corrected chi connectivity index (χ0v) is 13.8. The van der Waals surface area contributed by atoms with Crippen LogP contribution in [0.2, 0.25) is 5.02 Å². The van der Waals surface area contributed by atoms with Gasteiger partial charge in [-0.15, -0.1) is 0 Å². The van der Waals surface area contributed by atoms with E-state index in [4.69, 9.17) is 16.3 Å². The second-order valence-corrected chi connectivity index (χ2v) is 5.24. The van der Waals surface area contributed by atoms with Crippen LogP contribution < -0.4 is 10.9 Å². The molecule has 0 aliphatic rings. The molecule has 0 aromatic heterocycles. The van der Waals surface area contributed by atoms with Crippen LogP contribution in [0.15, 0.2) is 60.7 Å². The molecule has 2 rings (SSSR count). The van der Waals surface area contributed by atoms with Crippen LogP contribution in [0.25, 0.3) is 6.08 Å². The van der Waals surface area contributed by atoms with Gasteiger partial charge in [-0.2, -0.15) is 0 Å². The lowest BCUT2D eigenvalue weighted by Crippen LogP contribution is -2.43. The second kappa shape index (κ2) is 9.24. The molecular weight excluding hydrogens is 344 g/mol. The van der Waals surface area contributed by atoms with Crippen molar-refractivity contribution in [3.05, 3.63) is 76.8 Å². The molecule has 0 bridgehead atoms. The van der Waals surface area contributed by atoms with Gasteiger partial charge < -0.3 is 4.74 Å². The van der Waals surface area contributed by atoms with Crippen LogP contribution >= 0.6 is 11.6 Å². The van der Waals surface area contributed by atoms with Crippen LogP contribution in [0.1, 0.15) is 15.9 Å². The average molecular weight is 359 g/mol. The van der Waals surface area contributed by atoms with Gasteiger partial charge in [0, 0.05) is 16.7 Å². The first-order chi connectivity index (χ1) is 12.1. The molecule has 2 N–H and O–H groups in total. The first-order valence-electron chi connectivity index (χ1n) is 7.30. The number of hydrogen-bond acceptors (Lipinski definition) is 4. The van der Waals surface area contributed by atoms with Crippen molar-refractivity contribution in [1.82, 2.24) is 10.9 Å². The Hall–Kier alpha value is -3.12. The molecule has 0 fully saturated rings. The lowest BCUT2D eigenvalue weighted by molar-refractivity contribution is -0.144. The van der Waals surface area contributed by atoms with Gasteiger partial charge in [0.15, 0.2) is 6.61 Å². The molecule has 0 spiro atoms. The van der Waals surface area contributed by atoms with Crippen molar-refractivity contribution in [2.45, 2.75) is 0 Å². The predicted octanol–water partition coefficient (Wildman–Crippen LogP) is 2.36. The summed E-state index contributed by atoms with van der Waals surface area (Å²) < 4.78 is 4.77. The molecular formula is C18H15ClN2O4. The Kier molecular flexibility index (Phi) is 6.74. The summed E-state index contributed by atoms with van der Waals surface area (Å²) in [4.78, 5) is 34.9. The number of benzene rings is 2. The third kappa shape index (κ3) is 6.12. The zero-order valence-electron chi connectivity index (χ0n) is 13.1. The molecule has 0 saturated carbocycles. The van der Waals surface area contributed by atoms with Gasteiger partial charge in [-0.3, -0.25) is 20.4 Å². The van der Waals surface area contributed by atoms with Crippen molar-refractivity contribution < 1.29 is 19.1 Å². The summed E-state index contributed by atoms with van der Waals surface area (Å²) in [5.74, 6) is -1.84. The van der Waals surface area contributed by atoms with Crippen LogP contribution in [0.4, 0.5) is 0 Å². The van der Waals surface area contributed by atoms with Gasteiger partial charge in [-0.05, 0) is 29.8 Å². The molecule has 0 aliphatic carbocycles. The number of nitrogens with one attached hydrogen (secondary N) is 2. The number of halogens is 1. The first kappa shape index (κ1) is 18.2. The van der Waals surface area contributed by atoms with Gasteiger partial charge in [0.05, 0.1) is 0 Å². The van der Waals surface area contributed by atoms with E-state index in [2.05, 4.69) is 10.9 Å². The monoisotopic (exact) mass is 358 g/mol. The number of hydrogen-bond donors (Lipinski definition) is 2. The van der Waals surface area contributed by atoms with Crippen LogP contribution in [-0.4, -0.2) is 24.4 Å². The van der Waals surface area contributed by atoms with Crippen molar-refractivity contribution >= 4 is 35.5 Å². The summed E-state index contributed by atoms with van der Waals surface area (Å²) in [5, 5.41) is 0.493. The van der Waals surface area contributed by atoms with Gasteiger partial charge in [0.2, 0.25) is 0 Å². The summed E-state index contributed by atoms with van der Waals surface area (Å²) in [7, 11) is 0. The van der Waals surface area contributed by atoms with Crippen LogP contribution in [0.5, 0.6) is 0 Å². The molecule has 6 nitrogen and oxygen atoms in total. The number of ether oxygens (including phenoxy) is 1. The topological polar surface area (TPSA) is 84.5 Å². The van der Waals surface area contributed by atoms with E-state index in [1.807, 2.05) is 0 Å². The number of carbonyl (C=O) groups excluding carboxylic acids is 3. The van der Waals surface area contributed by atoms with E-state index >= 15 is 0 Å². The Morgan fingerprint density at radius 3 is 2.36 bits per heavy atom.